The number of nitrogen functional groups attached to an aromatic ring is 1. The van der Waals surface area contributed by atoms with Crippen molar-refractivity contribution in [3.8, 4) is 0 Å². The predicted octanol–water partition coefficient (Wildman–Crippen LogP) is 2.56. The van der Waals surface area contributed by atoms with Crippen LogP contribution in [0.1, 0.15) is 13.8 Å². The number of cyclic esters (lactones) is 1. The van der Waals surface area contributed by atoms with Gasteiger partial charge < -0.3 is 10.5 Å². The molecule has 1 aliphatic rings. The quantitative estimate of drug-likeness (QED) is 0.662. The zero-order chi connectivity index (χ0) is 12.4. The Morgan fingerprint density at radius 1 is 1.35 bits per heavy atom. The van der Waals surface area contributed by atoms with E-state index in [4.69, 9.17) is 10.5 Å². The van der Waals surface area contributed by atoms with E-state index in [1.807, 2.05) is 24.3 Å². The standard InChI is InChI=1S/C13H17NO2S/c1-8(2)11-7-16-13(15)12(11)17-10-5-3-9(14)4-6-10/h3-6,8,11-12H,7,14H2,1-2H3. The molecular weight excluding hydrogens is 234 g/mol. The highest BCUT2D eigenvalue weighted by Gasteiger charge is 2.39. The lowest BCUT2D eigenvalue weighted by molar-refractivity contribution is -0.137. The van der Waals surface area contributed by atoms with Crippen molar-refractivity contribution in [3.63, 3.8) is 0 Å². The first-order chi connectivity index (χ1) is 8.08. The van der Waals surface area contributed by atoms with E-state index in [0.29, 0.717) is 18.4 Å². The summed E-state index contributed by atoms with van der Waals surface area (Å²) in [6, 6.07) is 7.60. The van der Waals surface area contributed by atoms with Crippen molar-refractivity contribution in [3.05, 3.63) is 24.3 Å². The first-order valence-corrected chi connectivity index (χ1v) is 6.64. The van der Waals surface area contributed by atoms with E-state index < -0.39 is 0 Å². The molecule has 0 spiro atoms. The van der Waals surface area contributed by atoms with E-state index in [1.165, 1.54) is 0 Å². The fourth-order valence-corrected chi connectivity index (χ4v) is 3.21. The molecule has 2 N–H and O–H groups in total. The molecule has 3 nitrogen and oxygen atoms in total. The molecule has 1 aliphatic heterocycles. The van der Waals surface area contributed by atoms with Crippen molar-refractivity contribution in [2.24, 2.45) is 11.8 Å². The van der Waals surface area contributed by atoms with Crippen LogP contribution in [0.25, 0.3) is 0 Å². The summed E-state index contributed by atoms with van der Waals surface area (Å²) in [6.45, 7) is 4.80. The van der Waals surface area contributed by atoms with Gasteiger partial charge in [0, 0.05) is 16.5 Å². The number of hydrogen-bond donors (Lipinski definition) is 1. The second kappa shape index (κ2) is 5.00. The van der Waals surface area contributed by atoms with Gasteiger partial charge in [0.25, 0.3) is 0 Å². The Bertz CT molecular complexity index is 402. The lowest BCUT2D eigenvalue weighted by atomic mass is 9.95. The number of esters is 1. The van der Waals surface area contributed by atoms with Crippen molar-refractivity contribution >= 4 is 23.4 Å². The third-order valence-electron chi connectivity index (χ3n) is 3.04. The van der Waals surface area contributed by atoms with E-state index in [1.54, 1.807) is 11.8 Å². The number of benzene rings is 1. The third-order valence-corrected chi connectivity index (χ3v) is 4.38. The average Bonchev–Trinajstić information content (AvgIpc) is 2.64. The fourth-order valence-electron chi connectivity index (χ4n) is 1.89. The van der Waals surface area contributed by atoms with Gasteiger partial charge in [0.05, 0.1) is 6.61 Å². The van der Waals surface area contributed by atoms with Gasteiger partial charge in [-0.15, -0.1) is 11.8 Å². The molecule has 0 bridgehead atoms. The van der Waals surface area contributed by atoms with Crippen LogP contribution in [-0.4, -0.2) is 17.8 Å². The molecule has 92 valence electrons. The lowest BCUT2D eigenvalue weighted by Gasteiger charge is -2.18. The topological polar surface area (TPSA) is 52.3 Å². The maximum atomic E-state index is 11.7. The molecular formula is C13H17NO2S. The van der Waals surface area contributed by atoms with Crippen LogP contribution >= 0.6 is 11.8 Å². The smallest absolute Gasteiger partial charge is 0.319 e. The minimum Gasteiger partial charge on any atom is -0.464 e. The molecule has 0 saturated carbocycles. The van der Waals surface area contributed by atoms with Gasteiger partial charge in [0.15, 0.2) is 0 Å². The molecule has 2 unspecified atom stereocenters. The third kappa shape index (κ3) is 2.75. The Balaban J connectivity index is 2.10. The van der Waals surface area contributed by atoms with Gasteiger partial charge in [0.2, 0.25) is 0 Å². The predicted molar refractivity (Wildman–Crippen MR) is 69.8 cm³/mol. The minimum absolute atomic E-state index is 0.0846. The summed E-state index contributed by atoms with van der Waals surface area (Å²) in [5.41, 5.74) is 6.38. The zero-order valence-electron chi connectivity index (χ0n) is 10.1. The molecule has 1 aromatic carbocycles. The lowest BCUT2D eigenvalue weighted by Crippen LogP contribution is -2.23. The zero-order valence-corrected chi connectivity index (χ0v) is 10.9. The largest absolute Gasteiger partial charge is 0.464 e. The molecule has 1 saturated heterocycles. The molecule has 17 heavy (non-hydrogen) atoms. The summed E-state index contributed by atoms with van der Waals surface area (Å²) in [7, 11) is 0. The summed E-state index contributed by atoms with van der Waals surface area (Å²) in [4.78, 5) is 12.8. The van der Waals surface area contributed by atoms with Gasteiger partial charge in [-0.05, 0) is 30.2 Å². The molecule has 2 rings (SSSR count). The summed E-state index contributed by atoms with van der Waals surface area (Å²) in [6.07, 6.45) is 0. The molecule has 1 fully saturated rings. The Hall–Kier alpha value is -1.16. The van der Waals surface area contributed by atoms with E-state index in [9.17, 15) is 4.79 Å². The first kappa shape index (κ1) is 12.3. The van der Waals surface area contributed by atoms with Crippen molar-refractivity contribution in [2.45, 2.75) is 24.0 Å². The van der Waals surface area contributed by atoms with E-state index in [0.717, 1.165) is 10.6 Å². The normalized spacial score (nSPS) is 24.1. The van der Waals surface area contributed by atoms with E-state index in [-0.39, 0.29) is 11.2 Å². The van der Waals surface area contributed by atoms with Crippen LogP contribution in [0.3, 0.4) is 0 Å². The summed E-state index contributed by atoms with van der Waals surface area (Å²) < 4.78 is 5.15. The van der Waals surface area contributed by atoms with Gasteiger partial charge in [-0.3, -0.25) is 4.79 Å². The van der Waals surface area contributed by atoms with Crippen LogP contribution in [0.2, 0.25) is 0 Å². The van der Waals surface area contributed by atoms with Crippen molar-refractivity contribution in [1.29, 1.82) is 0 Å². The second-order valence-corrected chi connectivity index (χ2v) is 5.86. The maximum Gasteiger partial charge on any atom is 0.319 e. The highest BCUT2D eigenvalue weighted by molar-refractivity contribution is 8.00. The molecule has 0 aliphatic carbocycles. The van der Waals surface area contributed by atoms with Gasteiger partial charge in [-0.25, -0.2) is 0 Å². The Kier molecular flexibility index (Phi) is 3.62. The van der Waals surface area contributed by atoms with Crippen LogP contribution in [0.4, 0.5) is 5.69 Å². The van der Waals surface area contributed by atoms with E-state index >= 15 is 0 Å². The number of ether oxygens (including phenoxy) is 1. The molecule has 0 aromatic heterocycles. The maximum absolute atomic E-state index is 11.7. The summed E-state index contributed by atoms with van der Waals surface area (Å²) in [5.74, 6) is 0.656. The molecule has 1 heterocycles. The van der Waals surface area contributed by atoms with Crippen LogP contribution in [0.5, 0.6) is 0 Å². The second-order valence-electron chi connectivity index (χ2n) is 4.65. The van der Waals surface area contributed by atoms with Crippen LogP contribution in [-0.2, 0) is 9.53 Å². The Morgan fingerprint density at radius 3 is 2.59 bits per heavy atom. The number of thioether (sulfide) groups is 1. The Labute approximate surface area is 106 Å². The Morgan fingerprint density at radius 2 is 2.00 bits per heavy atom. The minimum atomic E-state index is -0.0921. The van der Waals surface area contributed by atoms with Crippen molar-refractivity contribution in [2.75, 3.05) is 12.3 Å². The molecule has 0 amide bonds. The molecule has 0 radical (unpaired) electrons. The number of rotatable bonds is 3. The summed E-state index contributed by atoms with van der Waals surface area (Å²) >= 11 is 1.57. The number of hydrogen-bond acceptors (Lipinski definition) is 4. The van der Waals surface area contributed by atoms with Crippen molar-refractivity contribution in [1.82, 2.24) is 0 Å². The van der Waals surface area contributed by atoms with Gasteiger partial charge in [-0.2, -0.15) is 0 Å². The average molecular weight is 251 g/mol. The molecule has 2 atom stereocenters. The van der Waals surface area contributed by atoms with Crippen molar-refractivity contribution < 1.29 is 9.53 Å². The molecule has 1 aromatic rings. The van der Waals surface area contributed by atoms with E-state index in [2.05, 4.69) is 13.8 Å². The van der Waals surface area contributed by atoms with Crippen LogP contribution in [0, 0.1) is 11.8 Å². The number of carbonyl (C=O) groups is 1. The van der Waals surface area contributed by atoms with Gasteiger partial charge in [-0.1, -0.05) is 13.8 Å². The SMILES string of the molecule is CC(C)C1COC(=O)C1Sc1ccc(N)cc1. The monoisotopic (exact) mass is 251 g/mol. The highest BCUT2D eigenvalue weighted by atomic mass is 32.2. The first-order valence-electron chi connectivity index (χ1n) is 5.77. The number of anilines is 1. The number of carbonyl (C=O) groups excluding carboxylic acids is 1. The number of nitrogens with two attached hydrogens (primary N) is 1. The highest BCUT2D eigenvalue weighted by Crippen LogP contribution is 2.36. The van der Waals surface area contributed by atoms with Crippen LogP contribution < -0.4 is 5.73 Å². The van der Waals surface area contributed by atoms with Gasteiger partial charge >= 0.3 is 5.97 Å². The molecule has 4 heteroatoms. The fraction of sp³-hybridized carbons (Fsp3) is 0.462. The van der Waals surface area contributed by atoms with Gasteiger partial charge in [0.1, 0.15) is 5.25 Å². The van der Waals surface area contributed by atoms with Crippen LogP contribution in [0.15, 0.2) is 29.2 Å². The summed E-state index contributed by atoms with van der Waals surface area (Å²) in [5, 5.41) is -0.0846.